The molecular formula is C17H18ClN3O4S. The van der Waals surface area contributed by atoms with Gasteiger partial charge in [0.1, 0.15) is 5.75 Å². The van der Waals surface area contributed by atoms with E-state index in [1.54, 1.807) is 18.5 Å². The number of hydrazone groups is 1. The van der Waals surface area contributed by atoms with Gasteiger partial charge >= 0.3 is 5.97 Å². The Balaban J connectivity index is 1.64. The van der Waals surface area contributed by atoms with Crippen LogP contribution < -0.4 is 10.2 Å². The van der Waals surface area contributed by atoms with E-state index in [1.165, 1.54) is 11.3 Å². The number of hydrogen-bond acceptors (Lipinski definition) is 8. The summed E-state index contributed by atoms with van der Waals surface area (Å²) < 4.78 is 15.7. The van der Waals surface area contributed by atoms with Crippen molar-refractivity contribution in [2.75, 3.05) is 18.8 Å². The molecule has 0 atom stereocenters. The van der Waals surface area contributed by atoms with Crippen LogP contribution in [0.15, 0.2) is 22.6 Å². The van der Waals surface area contributed by atoms with Crippen molar-refractivity contribution in [3.8, 4) is 5.75 Å². The molecule has 0 fully saturated rings. The van der Waals surface area contributed by atoms with Gasteiger partial charge in [-0.05, 0) is 24.6 Å². The fourth-order valence-corrected chi connectivity index (χ4v) is 3.32. The summed E-state index contributed by atoms with van der Waals surface area (Å²) in [6.45, 7) is 2.86. The molecule has 138 valence electrons. The van der Waals surface area contributed by atoms with Crippen molar-refractivity contribution in [1.82, 2.24) is 4.98 Å². The van der Waals surface area contributed by atoms with E-state index in [9.17, 15) is 4.79 Å². The van der Waals surface area contributed by atoms with Crippen LogP contribution in [-0.2, 0) is 33.2 Å². The molecule has 1 aromatic heterocycles. The van der Waals surface area contributed by atoms with Gasteiger partial charge in [-0.3, -0.25) is 10.2 Å². The van der Waals surface area contributed by atoms with E-state index in [0.717, 1.165) is 22.4 Å². The lowest BCUT2D eigenvalue weighted by molar-refractivity contribution is -0.142. The smallest absolute Gasteiger partial charge is 0.311 e. The number of halogens is 1. The molecule has 2 aromatic rings. The van der Waals surface area contributed by atoms with Crippen LogP contribution in [0, 0.1) is 0 Å². The fraction of sp³-hybridized carbons (Fsp3) is 0.353. The largest absolute Gasteiger partial charge is 0.467 e. The monoisotopic (exact) mass is 395 g/mol. The van der Waals surface area contributed by atoms with Crippen LogP contribution in [-0.4, -0.2) is 30.6 Å². The maximum atomic E-state index is 11.5. The quantitative estimate of drug-likeness (QED) is 0.335. The van der Waals surface area contributed by atoms with E-state index >= 15 is 0 Å². The lowest BCUT2D eigenvalue weighted by Crippen LogP contribution is -2.13. The van der Waals surface area contributed by atoms with Crippen molar-refractivity contribution in [1.29, 1.82) is 0 Å². The molecule has 7 nitrogen and oxygen atoms in total. The predicted octanol–water partition coefficient (Wildman–Crippen LogP) is 3.30. The SMILES string of the molecule is CCOC(=O)Cc1csc(NN=Cc2cc(CCl)c3c(c2)COCO3)n1. The molecule has 0 radical (unpaired) electrons. The molecule has 0 bridgehead atoms. The van der Waals surface area contributed by atoms with E-state index in [-0.39, 0.29) is 19.2 Å². The molecule has 1 aliphatic rings. The first kappa shape index (κ1) is 18.6. The van der Waals surface area contributed by atoms with Crippen LogP contribution in [0.3, 0.4) is 0 Å². The summed E-state index contributed by atoms with van der Waals surface area (Å²) in [5.74, 6) is 0.848. The van der Waals surface area contributed by atoms with Crippen LogP contribution in [0.4, 0.5) is 5.13 Å². The predicted molar refractivity (Wildman–Crippen MR) is 100.0 cm³/mol. The van der Waals surface area contributed by atoms with Crippen molar-refractivity contribution >= 4 is 40.3 Å². The number of fused-ring (bicyclic) bond motifs is 1. The summed E-state index contributed by atoms with van der Waals surface area (Å²) in [5.41, 5.74) is 6.24. The second-order valence-electron chi connectivity index (χ2n) is 5.41. The highest BCUT2D eigenvalue weighted by Gasteiger charge is 2.15. The molecule has 26 heavy (non-hydrogen) atoms. The number of rotatable bonds is 7. The third-order valence-corrected chi connectivity index (χ3v) is 4.59. The zero-order valence-electron chi connectivity index (χ0n) is 14.2. The van der Waals surface area contributed by atoms with Gasteiger partial charge < -0.3 is 14.2 Å². The first-order chi connectivity index (χ1) is 12.7. The van der Waals surface area contributed by atoms with Crippen molar-refractivity contribution in [3.05, 3.63) is 39.9 Å². The number of ether oxygens (including phenoxy) is 3. The van der Waals surface area contributed by atoms with E-state index in [4.69, 9.17) is 25.8 Å². The van der Waals surface area contributed by atoms with Crippen molar-refractivity contribution in [2.45, 2.75) is 25.8 Å². The van der Waals surface area contributed by atoms with Crippen LogP contribution in [0.1, 0.15) is 29.3 Å². The van der Waals surface area contributed by atoms with Crippen LogP contribution in [0.25, 0.3) is 0 Å². The molecule has 1 aliphatic heterocycles. The number of thiazole rings is 1. The third kappa shape index (κ3) is 4.72. The summed E-state index contributed by atoms with van der Waals surface area (Å²) in [6, 6.07) is 3.88. The number of carbonyl (C=O) groups excluding carboxylic acids is 1. The average Bonchev–Trinajstić information content (AvgIpc) is 3.08. The molecular weight excluding hydrogens is 378 g/mol. The van der Waals surface area contributed by atoms with Crippen LogP contribution in [0.2, 0.25) is 0 Å². The van der Waals surface area contributed by atoms with Gasteiger partial charge in [-0.25, -0.2) is 4.98 Å². The molecule has 0 aliphatic carbocycles. The van der Waals surface area contributed by atoms with Gasteiger partial charge in [0, 0.05) is 16.5 Å². The molecule has 3 rings (SSSR count). The summed E-state index contributed by atoms with van der Waals surface area (Å²) in [6.07, 6.45) is 1.83. The molecule has 0 saturated heterocycles. The van der Waals surface area contributed by atoms with Gasteiger partial charge in [0.15, 0.2) is 6.79 Å². The minimum Gasteiger partial charge on any atom is -0.467 e. The normalized spacial score (nSPS) is 13.3. The topological polar surface area (TPSA) is 82.0 Å². The first-order valence-electron chi connectivity index (χ1n) is 8.01. The fourth-order valence-electron chi connectivity index (χ4n) is 2.46. The number of aromatic nitrogens is 1. The summed E-state index contributed by atoms with van der Waals surface area (Å²) in [4.78, 5) is 15.8. The Bertz CT molecular complexity index is 792. The van der Waals surface area contributed by atoms with Gasteiger partial charge in [0.2, 0.25) is 5.13 Å². The number of hydrogen-bond donors (Lipinski definition) is 1. The maximum absolute atomic E-state index is 11.5. The Kier molecular flexibility index (Phi) is 6.43. The van der Waals surface area contributed by atoms with Crippen LogP contribution >= 0.6 is 22.9 Å². The van der Waals surface area contributed by atoms with Gasteiger partial charge in [0.05, 0.1) is 37.4 Å². The third-order valence-electron chi connectivity index (χ3n) is 3.51. The summed E-state index contributed by atoms with van der Waals surface area (Å²) in [5, 5.41) is 6.60. The highest BCUT2D eigenvalue weighted by Crippen LogP contribution is 2.30. The average molecular weight is 396 g/mol. The summed E-state index contributed by atoms with van der Waals surface area (Å²) >= 11 is 7.38. The molecule has 0 unspecified atom stereocenters. The first-order valence-corrected chi connectivity index (χ1v) is 9.42. The molecule has 9 heteroatoms. The molecule has 2 heterocycles. The zero-order chi connectivity index (χ0) is 18.4. The number of nitrogens with one attached hydrogen (secondary N) is 1. The zero-order valence-corrected chi connectivity index (χ0v) is 15.7. The Morgan fingerprint density at radius 2 is 2.42 bits per heavy atom. The van der Waals surface area contributed by atoms with Crippen molar-refractivity contribution in [3.63, 3.8) is 0 Å². The Morgan fingerprint density at radius 1 is 1.54 bits per heavy atom. The highest BCUT2D eigenvalue weighted by molar-refractivity contribution is 7.13. The maximum Gasteiger partial charge on any atom is 0.311 e. The number of nitrogens with zero attached hydrogens (tertiary/aromatic N) is 2. The Labute approximate surface area is 159 Å². The minimum atomic E-state index is -0.292. The Morgan fingerprint density at radius 3 is 3.23 bits per heavy atom. The number of esters is 1. The molecule has 0 spiro atoms. The Hall–Kier alpha value is -2.16. The van der Waals surface area contributed by atoms with Crippen molar-refractivity contribution in [2.24, 2.45) is 5.10 Å². The van der Waals surface area contributed by atoms with Gasteiger partial charge in [-0.15, -0.1) is 22.9 Å². The highest BCUT2D eigenvalue weighted by atomic mass is 35.5. The number of carbonyl (C=O) groups is 1. The lowest BCUT2D eigenvalue weighted by Gasteiger charge is -2.20. The second-order valence-corrected chi connectivity index (χ2v) is 6.53. The van der Waals surface area contributed by atoms with Gasteiger partial charge in [0.25, 0.3) is 0 Å². The lowest BCUT2D eigenvalue weighted by atomic mass is 10.1. The van der Waals surface area contributed by atoms with Gasteiger partial charge in [-0.1, -0.05) is 0 Å². The molecule has 1 aromatic carbocycles. The van der Waals surface area contributed by atoms with E-state index in [1.807, 2.05) is 12.1 Å². The van der Waals surface area contributed by atoms with E-state index in [0.29, 0.717) is 29.9 Å². The van der Waals surface area contributed by atoms with Crippen molar-refractivity contribution < 1.29 is 19.0 Å². The minimum absolute atomic E-state index is 0.152. The molecule has 1 N–H and O–H groups in total. The standard InChI is InChI=1S/C17H18ClN3O4S/c1-2-24-15(22)5-14-9-26-17(20-14)21-19-7-11-3-12(6-18)16-13(4-11)8-23-10-25-16/h3-4,7,9H,2,5-6,8,10H2,1H3,(H,20,21). The van der Waals surface area contributed by atoms with E-state index in [2.05, 4.69) is 15.5 Å². The summed E-state index contributed by atoms with van der Waals surface area (Å²) in [7, 11) is 0. The number of anilines is 1. The molecule has 0 amide bonds. The van der Waals surface area contributed by atoms with Crippen LogP contribution in [0.5, 0.6) is 5.75 Å². The van der Waals surface area contributed by atoms with E-state index < -0.39 is 0 Å². The number of alkyl halides is 1. The van der Waals surface area contributed by atoms with Gasteiger partial charge in [-0.2, -0.15) is 5.10 Å². The molecule has 0 saturated carbocycles. The second kappa shape index (κ2) is 8.98. The number of benzene rings is 1.